The monoisotopic (exact) mass is 404 g/mol. The molecule has 2 atom stereocenters. The Bertz CT molecular complexity index is 789. The first-order valence-corrected chi connectivity index (χ1v) is 10.7. The molecule has 10 nitrogen and oxygen atoms in total. The highest BCUT2D eigenvalue weighted by Gasteiger charge is 2.42. The molecule has 0 N–H and O–H groups in total. The second-order valence-electron chi connectivity index (χ2n) is 6.10. The summed E-state index contributed by atoms with van der Waals surface area (Å²) in [5.74, 6) is -0.587. The number of amides is 2. The molecule has 26 heavy (non-hydrogen) atoms. The van der Waals surface area contributed by atoms with E-state index in [0.717, 1.165) is 22.7 Å². The van der Waals surface area contributed by atoms with Gasteiger partial charge in [-0.1, -0.05) is 18.3 Å². The number of rotatable bonds is 6. The van der Waals surface area contributed by atoms with E-state index >= 15 is 0 Å². The van der Waals surface area contributed by atoms with Crippen molar-refractivity contribution in [2.24, 2.45) is 0 Å². The maximum absolute atomic E-state index is 12.4. The van der Waals surface area contributed by atoms with Crippen LogP contribution in [0.25, 0.3) is 0 Å². The lowest BCUT2D eigenvalue weighted by atomic mass is 10.2. The number of carbonyl (C=O) groups is 2. The minimum atomic E-state index is -3.54. The largest absolute Gasteiger partial charge is 0.437 e. The van der Waals surface area contributed by atoms with Crippen LogP contribution in [0.1, 0.15) is 26.2 Å². The molecule has 0 saturated carbocycles. The standard InChI is InChI=1S/C14H20N4O6S2/c1-3-7-26(21,22)13-16-15-12(25-13)18-10(8-17(2)14(18)20)24-11(19)9-5-4-6-23-9/h9-10H,3-8H2,1-2H3. The number of sulfone groups is 1. The summed E-state index contributed by atoms with van der Waals surface area (Å²) in [4.78, 5) is 27.2. The van der Waals surface area contributed by atoms with E-state index in [4.69, 9.17) is 9.47 Å². The van der Waals surface area contributed by atoms with Crippen molar-refractivity contribution >= 4 is 38.3 Å². The smallest absolute Gasteiger partial charge is 0.337 e. The van der Waals surface area contributed by atoms with Gasteiger partial charge in [-0.2, -0.15) is 0 Å². The van der Waals surface area contributed by atoms with Crippen LogP contribution in [-0.4, -0.2) is 73.8 Å². The molecule has 1 aromatic rings. The number of ether oxygens (including phenoxy) is 2. The predicted molar refractivity (Wildman–Crippen MR) is 91.6 cm³/mol. The number of carbonyl (C=O) groups excluding carboxylic acids is 2. The van der Waals surface area contributed by atoms with Gasteiger partial charge >= 0.3 is 12.0 Å². The number of aromatic nitrogens is 2. The fourth-order valence-corrected chi connectivity index (χ4v) is 5.22. The van der Waals surface area contributed by atoms with E-state index in [1.807, 2.05) is 0 Å². The molecule has 0 aliphatic carbocycles. The molecular formula is C14H20N4O6S2. The van der Waals surface area contributed by atoms with Crippen LogP contribution < -0.4 is 4.90 Å². The van der Waals surface area contributed by atoms with Crippen molar-refractivity contribution < 1.29 is 27.5 Å². The molecule has 12 heteroatoms. The Balaban J connectivity index is 1.80. The summed E-state index contributed by atoms with van der Waals surface area (Å²) >= 11 is 0.792. The Hall–Kier alpha value is -1.79. The van der Waals surface area contributed by atoms with Crippen molar-refractivity contribution in [2.75, 3.05) is 30.9 Å². The van der Waals surface area contributed by atoms with Crippen LogP contribution in [-0.2, 0) is 24.1 Å². The van der Waals surface area contributed by atoms with Crippen LogP contribution in [0.5, 0.6) is 0 Å². The summed E-state index contributed by atoms with van der Waals surface area (Å²) in [5, 5.41) is 7.62. The molecule has 3 heterocycles. The molecule has 2 amide bonds. The van der Waals surface area contributed by atoms with Gasteiger partial charge in [0.15, 0.2) is 6.10 Å². The molecule has 0 radical (unpaired) electrons. The van der Waals surface area contributed by atoms with Crippen molar-refractivity contribution in [2.45, 2.75) is 42.9 Å². The molecule has 2 unspecified atom stereocenters. The first kappa shape index (κ1) is 19.0. The van der Waals surface area contributed by atoms with Gasteiger partial charge in [0.25, 0.3) is 0 Å². The highest BCUT2D eigenvalue weighted by atomic mass is 32.2. The van der Waals surface area contributed by atoms with Crippen molar-refractivity contribution in [3.05, 3.63) is 0 Å². The predicted octanol–water partition coefficient (Wildman–Crippen LogP) is 0.642. The normalized spacial score (nSPS) is 23.7. The van der Waals surface area contributed by atoms with Gasteiger partial charge in [0, 0.05) is 13.7 Å². The van der Waals surface area contributed by atoms with Crippen LogP contribution in [0.2, 0.25) is 0 Å². The second-order valence-corrected chi connectivity index (χ2v) is 9.33. The van der Waals surface area contributed by atoms with E-state index < -0.39 is 34.2 Å². The molecule has 2 saturated heterocycles. The molecule has 144 valence electrons. The number of esters is 1. The average Bonchev–Trinajstić information content (AvgIpc) is 3.30. The highest BCUT2D eigenvalue weighted by molar-refractivity contribution is 7.93. The van der Waals surface area contributed by atoms with E-state index in [2.05, 4.69) is 10.2 Å². The number of hydrogen-bond donors (Lipinski definition) is 0. The first-order valence-electron chi connectivity index (χ1n) is 8.26. The van der Waals surface area contributed by atoms with Crippen LogP contribution in [0.4, 0.5) is 9.93 Å². The van der Waals surface area contributed by atoms with E-state index in [1.54, 1.807) is 14.0 Å². The van der Waals surface area contributed by atoms with Gasteiger partial charge < -0.3 is 14.4 Å². The van der Waals surface area contributed by atoms with Gasteiger partial charge in [0.05, 0.1) is 12.3 Å². The van der Waals surface area contributed by atoms with Gasteiger partial charge in [-0.15, -0.1) is 10.2 Å². The maximum Gasteiger partial charge on any atom is 0.337 e. The quantitative estimate of drug-likeness (QED) is 0.501. The zero-order valence-corrected chi connectivity index (χ0v) is 16.1. The van der Waals surface area contributed by atoms with Gasteiger partial charge in [-0.25, -0.2) is 22.9 Å². The number of anilines is 1. The third-order valence-corrected chi connectivity index (χ3v) is 7.32. The van der Waals surface area contributed by atoms with Crippen molar-refractivity contribution in [1.29, 1.82) is 0 Å². The molecule has 0 spiro atoms. The third-order valence-electron chi connectivity index (χ3n) is 4.04. The second kappa shape index (κ2) is 7.45. The molecule has 0 aromatic carbocycles. The van der Waals surface area contributed by atoms with Gasteiger partial charge in [-0.05, 0) is 19.3 Å². The topological polar surface area (TPSA) is 119 Å². The molecule has 2 aliphatic heterocycles. The summed E-state index contributed by atoms with van der Waals surface area (Å²) < 4.78 is 34.8. The summed E-state index contributed by atoms with van der Waals surface area (Å²) in [7, 11) is -1.98. The van der Waals surface area contributed by atoms with Crippen LogP contribution in [0.15, 0.2) is 4.34 Å². The maximum atomic E-state index is 12.4. The van der Waals surface area contributed by atoms with E-state index in [9.17, 15) is 18.0 Å². The van der Waals surface area contributed by atoms with Crippen LogP contribution in [0, 0.1) is 0 Å². The van der Waals surface area contributed by atoms with Crippen LogP contribution in [0.3, 0.4) is 0 Å². The van der Waals surface area contributed by atoms with E-state index in [-0.39, 0.29) is 21.8 Å². The SMILES string of the molecule is CCCS(=O)(=O)c1nnc(N2C(=O)N(C)CC2OC(=O)C2CCCO2)s1. The Labute approximate surface area is 155 Å². The number of nitrogens with zero attached hydrogens (tertiary/aromatic N) is 4. The minimum absolute atomic E-state index is 0.0487. The van der Waals surface area contributed by atoms with Crippen LogP contribution >= 0.6 is 11.3 Å². The highest BCUT2D eigenvalue weighted by Crippen LogP contribution is 2.30. The fourth-order valence-electron chi connectivity index (χ4n) is 2.75. The summed E-state index contributed by atoms with van der Waals surface area (Å²) in [6, 6.07) is -0.439. The lowest BCUT2D eigenvalue weighted by Crippen LogP contribution is -2.39. The van der Waals surface area contributed by atoms with Crippen molar-refractivity contribution in [3.63, 3.8) is 0 Å². The Morgan fingerprint density at radius 2 is 2.19 bits per heavy atom. The number of urea groups is 1. The third kappa shape index (κ3) is 3.67. The van der Waals surface area contributed by atoms with Crippen molar-refractivity contribution in [1.82, 2.24) is 15.1 Å². The summed E-state index contributed by atoms with van der Waals surface area (Å²) in [5.41, 5.74) is 0. The Kier molecular flexibility index (Phi) is 5.44. The molecule has 2 aliphatic rings. The molecule has 1 aromatic heterocycles. The van der Waals surface area contributed by atoms with Gasteiger partial charge in [0.2, 0.25) is 25.5 Å². The molecular weight excluding hydrogens is 384 g/mol. The summed E-state index contributed by atoms with van der Waals surface area (Å²) in [6.07, 6.45) is 0.270. The van der Waals surface area contributed by atoms with Gasteiger partial charge in [-0.3, -0.25) is 0 Å². The Morgan fingerprint density at radius 1 is 1.42 bits per heavy atom. The Morgan fingerprint density at radius 3 is 2.85 bits per heavy atom. The first-order chi connectivity index (χ1) is 12.3. The zero-order valence-electron chi connectivity index (χ0n) is 14.5. The average molecular weight is 404 g/mol. The molecule has 3 rings (SSSR count). The number of hydrogen-bond acceptors (Lipinski definition) is 9. The minimum Gasteiger partial charge on any atom is -0.437 e. The van der Waals surface area contributed by atoms with E-state index in [1.165, 1.54) is 4.90 Å². The fraction of sp³-hybridized carbons (Fsp3) is 0.714. The molecule has 2 fully saturated rings. The van der Waals surface area contributed by atoms with E-state index in [0.29, 0.717) is 19.4 Å². The van der Waals surface area contributed by atoms with Gasteiger partial charge in [0.1, 0.15) is 0 Å². The lowest BCUT2D eigenvalue weighted by molar-refractivity contribution is -0.158. The summed E-state index contributed by atoms with van der Waals surface area (Å²) in [6.45, 7) is 2.40. The number of likely N-dealkylation sites (N-methyl/N-ethyl adjacent to an activating group) is 1. The zero-order chi connectivity index (χ0) is 18.9. The lowest BCUT2D eigenvalue weighted by Gasteiger charge is -2.21. The molecule has 0 bridgehead atoms. The van der Waals surface area contributed by atoms with Crippen molar-refractivity contribution in [3.8, 4) is 0 Å².